The maximum absolute atomic E-state index is 12.1. The van der Waals surface area contributed by atoms with E-state index in [0.717, 1.165) is 5.56 Å². The van der Waals surface area contributed by atoms with Crippen LogP contribution in [-0.2, 0) is 20.7 Å². The SMILES string of the molecule is CCC(C)OC(=O)C(C)(CCc1ccccc1)C(=O)O. The lowest BCUT2D eigenvalue weighted by molar-refractivity contribution is -0.171. The van der Waals surface area contributed by atoms with Crippen molar-refractivity contribution >= 4 is 11.9 Å². The maximum atomic E-state index is 12.1. The number of hydrogen-bond acceptors (Lipinski definition) is 3. The molecule has 1 aromatic rings. The van der Waals surface area contributed by atoms with Gasteiger partial charge in [0.2, 0.25) is 0 Å². The lowest BCUT2D eigenvalue weighted by atomic mass is 9.84. The second kappa shape index (κ2) is 7.08. The standard InChI is InChI=1S/C16H22O4/c1-4-12(2)20-15(19)16(3,14(17)18)11-10-13-8-6-5-7-9-13/h5-9,12H,4,10-11H2,1-3H3,(H,17,18). The highest BCUT2D eigenvalue weighted by atomic mass is 16.5. The van der Waals surface area contributed by atoms with Crippen LogP contribution in [0.4, 0.5) is 0 Å². The van der Waals surface area contributed by atoms with Crippen LogP contribution < -0.4 is 0 Å². The molecule has 0 spiro atoms. The number of ether oxygens (including phenoxy) is 1. The van der Waals surface area contributed by atoms with Gasteiger partial charge in [-0.1, -0.05) is 37.3 Å². The van der Waals surface area contributed by atoms with Crippen LogP contribution in [0.5, 0.6) is 0 Å². The number of carbonyl (C=O) groups excluding carboxylic acids is 1. The van der Waals surface area contributed by atoms with Crippen LogP contribution in [0.25, 0.3) is 0 Å². The Morgan fingerprint density at radius 1 is 1.30 bits per heavy atom. The zero-order valence-electron chi connectivity index (χ0n) is 12.3. The second-order valence-electron chi connectivity index (χ2n) is 5.25. The number of carboxylic acid groups (broad SMARTS) is 1. The molecule has 0 saturated carbocycles. The molecule has 2 atom stereocenters. The molecule has 0 bridgehead atoms. The molecule has 0 aliphatic carbocycles. The molecule has 0 aromatic heterocycles. The average molecular weight is 278 g/mol. The summed E-state index contributed by atoms with van der Waals surface area (Å²) in [4.78, 5) is 23.5. The predicted molar refractivity (Wildman–Crippen MR) is 76.4 cm³/mol. The van der Waals surface area contributed by atoms with Crippen LogP contribution in [-0.4, -0.2) is 23.1 Å². The number of esters is 1. The molecule has 0 aliphatic rings. The van der Waals surface area contributed by atoms with Gasteiger partial charge in [-0.05, 0) is 38.7 Å². The molecule has 0 fully saturated rings. The Bertz CT molecular complexity index is 455. The van der Waals surface area contributed by atoms with Gasteiger partial charge in [-0.3, -0.25) is 9.59 Å². The van der Waals surface area contributed by atoms with Crippen molar-refractivity contribution in [1.29, 1.82) is 0 Å². The van der Waals surface area contributed by atoms with Crippen LogP contribution in [0, 0.1) is 5.41 Å². The Kier molecular flexibility index (Phi) is 5.74. The van der Waals surface area contributed by atoms with Gasteiger partial charge in [0.25, 0.3) is 0 Å². The van der Waals surface area contributed by atoms with Crippen molar-refractivity contribution in [2.24, 2.45) is 5.41 Å². The molecular weight excluding hydrogens is 256 g/mol. The lowest BCUT2D eigenvalue weighted by Gasteiger charge is -2.24. The lowest BCUT2D eigenvalue weighted by Crippen LogP contribution is -2.39. The highest BCUT2D eigenvalue weighted by Crippen LogP contribution is 2.27. The average Bonchev–Trinajstić information content (AvgIpc) is 2.45. The van der Waals surface area contributed by atoms with Crippen molar-refractivity contribution < 1.29 is 19.4 Å². The van der Waals surface area contributed by atoms with Crippen LogP contribution in [0.3, 0.4) is 0 Å². The minimum absolute atomic E-state index is 0.224. The summed E-state index contributed by atoms with van der Waals surface area (Å²) >= 11 is 0. The van der Waals surface area contributed by atoms with Crippen molar-refractivity contribution in [3.8, 4) is 0 Å². The molecule has 1 N–H and O–H groups in total. The zero-order valence-corrected chi connectivity index (χ0v) is 12.3. The number of benzene rings is 1. The van der Waals surface area contributed by atoms with Gasteiger partial charge >= 0.3 is 11.9 Å². The minimum atomic E-state index is -1.50. The summed E-state index contributed by atoms with van der Waals surface area (Å²) < 4.78 is 5.19. The first-order chi connectivity index (χ1) is 9.40. The number of rotatable bonds is 7. The Balaban J connectivity index is 2.76. The van der Waals surface area contributed by atoms with E-state index in [4.69, 9.17) is 4.74 Å². The Morgan fingerprint density at radius 2 is 1.90 bits per heavy atom. The third-order valence-electron chi connectivity index (χ3n) is 3.56. The zero-order chi connectivity index (χ0) is 15.2. The van der Waals surface area contributed by atoms with E-state index in [2.05, 4.69) is 0 Å². The van der Waals surface area contributed by atoms with Crippen molar-refractivity contribution in [1.82, 2.24) is 0 Å². The van der Waals surface area contributed by atoms with Gasteiger partial charge < -0.3 is 9.84 Å². The number of hydrogen-bond donors (Lipinski definition) is 1. The molecule has 110 valence electrons. The second-order valence-corrected chi connectivity index (χ2v) is 5.25. The fourth-order valence-corrected chi connectivity index (χ4v) is 1.73. The Hall–Kier alpha value is -1.84. The number of aliphatic carboxylic acids is 1. The van der Waals surface area contributed by atoms with Crippen molar-refractivity contribution in [3.05, 3.63) is 35.9 Å². The van der Waals surface area contributed by atoms with E-state index in [9.17, 15) is 14.7 Å². The highest BCUT2D eigenvalue weighted by molar-refractivity contribution is 5.98. The van der Waals surface area contributed by atoms with Crippen molar-refractivity contribution in [3.63, 3.8) is 0 Å². The first-order valence-electron chi connectivity index (χ1n) is 6.88. The van der Waals surface area contributed by atoms with Crippen LogP contribution >= 0.6 is 0 Å². The molecule has 0 amide bonds. The summed E-state index contributed by atoms with van der Waals surface area (Å²) in [5, 5.41) is 9.37. The first-order valence-corrected chi connectivity index (χ1v) is 6.88. The summed E-state index contributed by atoms with van der Waals surface area (Å²) in [5.41, 5.74) is -0.490. The largest absolute Gasteiger partial charge is 0.480 e. The van der Waals surface area contributed by atoms with Gasteiger partial charge in [0.05, 0.1) is 6.10 Å². The summed E-state index contributed by atoms with van der Waals surface area (Å²) in [6.07, 6.45) is 1.15. The Labute approximate surface area is 119 Å². The van der Waals surface area contributed by atoms with Gasteiger partial charge in [-0.2, -0.15) is 0 Å². The molecule has 0 saturated heterocycles. The summed E-state index contributed by atoms with van der Waals surface area (Å²) in [7, 11) is 0. The van der Waals surface area contributed by atoms with Gasteiger partial charge in [0.15, 0.2) is 5.41 Å². The van der Waals surface area contributed by atoms with E-state index in [1.807, 2.05) is 37.3 Å². The molecule has 0 aliphatic heterocycles. The van der Waals surface area contributed by atoms with Gasteiger partial charge in [0.1, 0.15) is 0 Å². The quantitative estimate of drug-likeness (QED) is 0.615. The third kappa shape index (κ3) is 4.08. The maximum Gasteiger partial charge on any atom is 0.323 e. The molecular formula is C16H22O4. The molecule has 0 heterocycles. The van der Waals surface area contributed by atoms with E-state index in [-0.39, 0.29) is 12.5 Å². The summed E-state index contributed by atoms with van der Waals surface area (Å²) in [6, 6.07) is 9.53. The van der Waals surface area contributed by atoms with Crippen LogP contribution in [0.2, 0.25) is 0 Å². The summed E-state index contributed by atoms with van der Waals surface area (Å²) in [5.74, 6) is -1.79. The highest BCUT2D eigenvalue weighted by Gasteiger charge is 2.43. The molecule has 4 heteroatoms. The molecule has 2 unspecified atom stereocenters. The number of carbonyl (C=O) groups is 2. The topological polar surface area (TPSA) is 63.6 Å². The van der Waals surface area contributed by atoms with Gasteiger partial charge in [-0.15, -0.1) is 0 Å². The van der Waals surface area contributed by atoms with Gasteiger partial charge in [0, 0.05) is 0 Å². The van der Waals surface area contributed by atoms with E-state index < -0.39 is 17.4 Å². The van der Waals surface area contributed by atoms with Crippen LogP contribution in [0.15, 0.2) is 30.3 Å². The smallest absolute Gasteiger partial charge is 0.323 e. The third-order valence-corrected chi connectivity index (χ3v) is 3.56. The number of aryl methyl sites for hydroxylation is 1. The fraction of sp³-hybridized carbons (Fsp3) is 0.500. The van der Waals surface area contributed by atoms with Crippen LogP contribution in [0.1, 0.15) is 39.2 Å². The predicted octanol–water partition coefficient (Wildman–Crippen LogP) is 3.05. The normalized spacial score (nSPS) is 15.2. The molecule has 1 aromatic carbocycles. The first kappa shape index (κ1) is 16.2. The summed E-state index contributed by atoms with van der Waals surface area (Å²) in [6.45, 7) is 5.08. The van der Waals surface area contributed by atoms with E-state index in [1.165, 1.54) is 6.92 Å². The van der Waals surface area contributed by atoms with Gasteiger partial charge in [-0.25, -0.2) is 0 Å². The van der Waals surface area contributed by atoms with Crippen molar-refractivity contribution in [2.75, 3.05) is 0 Å². The number of carboxylic acids is 1. The molecule has 0 radical (unpaired) electrons. The van der Waals surface area contributed by atoms with E-state index in [0.29, 0.717) is 12.8 Å². The molecule has 4 nitrogen and oxygen atoms in total. The van der Waals surface area contributed by atoms with Crippen molar-refractivity contribution in [2.45, 2.75) is 46.1 Å². The Morgan fingerprint density at radius 3 is 2.40 bits per heavy atom. The van der Waals surface area contributed by atoms with E-state index in [1.54, 1.807) is 6.92 Å². The fourth-order valence-electron chi connectivity index (χ4n) is 1.73. The molecule has 1 rings (SSSR count). The molecule has 20 heavy (non-hydrogen) atoms. The monoisotopic (exact) mass is 278 g/mol. The minimum Gasteiger partial charge on any atom is -0.480 e. The van der Waals surface area contributed by atoms with E-state index >= 15 is 0 Å².